The zero-order valence-corrected chi connectivity index (χ0v) is 11.7. The molecule has 2 aromatic carbocycles. The van der Waals surface area contributed by atoms with E-state index in [1.165, 1.54) is 12.1 Å². The third-order valence-corrected chi connectivity index (χ3v) is 2.77. The number of non-ortho nitro benzene ring substituents is 1. The molecule has 0 atom stereocenters. The topological polar surface area (TPSA) is 90.4 Å². The van der Waals surface area contributed by atoms with Crippen LogP contribution >= 0.6 is 0 Å². The second-order valence-corrected chi connectivity index (χ2v) is 4.57. The fourth-order valence-corrected chi connectivity index (χ4v) is 1.83. The summed E-state index contributed by atoms with van der Waals surface area (Å²) < 4.78 is 5.49. The molecule has 0 bridgehead atoms. The van der Waals surface area contributed by atoms with Crippen molar-refractivity contribution in [2.75, 3.05) is 17.7 Å². The number of hydrogen-bond acceptors (Lipinski definition) is 5. The number of nitrogens with one attached hydrogen (secondary N) is 1. The molecule has 0 fully saturated rings. The standard InChI is InChI=1S/C15H17N3O3/c1-2-7-21-15-5-3-12(4-6-15)17-13-8-11(16)9-14(10-13)18(19)20/h3-6,8-10,17H,2,7,16H2,1H3. The van der Waals surface area contributed by atoms with Gasteiger partial charge in [0.15, 0.2) is 0 Å². The van der Waals surface area contributed by atoms with E-state index in [1.54, 1.807) is 6.07 Å². The van der Waals surface area contributed by atoms with Crippen LogP contribution in [0.25, 0.3) is 0 Å². The molecule has 2 rings (SSSR count). The van der Waals surface area contributed by atoms with Crippen molar-refractivity contribution in [2.24, 2.45) is 0 Å². The lowest BCUT2D eigenvalue weighted by molar-refractivity contribution is -0.384. The number of nitrogen functional groups attached to an aromatic ring is 1. The SMILES string of the molecule is CCCOc1ccc(Nc2cc(N)cc([N+](=O)[O-])c2)cc1. The molecule has 0 radical (unpaired) electrons. The number of nitro benzene ring substituents is 1. The van der Waals surface area contributed by atoms with Gasteiger partial charge in [0.2, 0.25) is 0 Å². The zero-order chi connectivity index (χ0) is 15.2. The number of rotatable bonds is 6. The van der Waals surface area contributed by atoms with Gasteiger partial charge in [-0.25, -0.2) is 0 Å². The first-order chi connectivity index (χ1) is 10.1. The van der Waals surface area contributed by atoms with E-state index in [2.05, 4.69) is 5.32 Å². The Morgan fingerprint density at radius 2 is 1.90 bits per heavy atom. The van der Waals surface area contributed by atoms with Crippen molar-refractivity contribution in [3.05, 3.63) is 52.6 Å². The van der Waals surface area contributed by atoms with Gasteiger partial charge in [-0.2, -0.15) is 0 Å². The second kappa shape index (κ2) is 6.60. The molecule has 0 amide bonds. The van der Waals surface area contributed by atoms with E-state index < -0.39 is 4.92 Å². The Kier molecular flexibility index (Phi) is 4.61. The van der Waals surface area contributed by atoms with E-state index in [-0.39, 0.29) is 5.69 Å². The highest BCUT2D eigenvalue weighted by Crippen LogP contribution is 2.26. The minimum atomic E-state index is -0.469. The first-order valence-corrected chi connectivity index (χ1v) is 6.63. The molecule has 0 saturated carbocycles. The summed E-state index contributed by atoms with van der Waals surface area (Å²) in [5.74, 6) is 0.793. The summed E-state index contributed by atoms with van der Waals surface area (Å²) in [6.45, 7) is 2.72. The molecule has 0 aliphatic heterocycles. The molecule has 2 aromatic rings. The van der Waals surface area contributed by atoms with E-state index in [4.69, 9.17) is 10.5 Å². The summed E-state index contributed by atoms with van der Waals surface area (Å²) in [6, 6.07) is 11.8. The van der Waals surface area contributed by atoms with Crippen LogP contribution in [0.4, 0.5) is 22.7 Å². The van der Waals surface area contributed by atoms with E-state index in [0.29, 0.717) is 18.0 Å². The van der Waals surface area contributed by atoms with Crippen LogP contribution in [0.5, 0.6) is 5.75 Å². The van der Waals surface area contributed by atoms with Gasteiger partial charge in [0, 0.05) is 29.2 Å². The van der Waals surface area contributed by atoms with Crippen LogP contribution in [0.2, 0.25) is 0 Å². The molecular weight excluding hydrogens is 270 g/mol. The maximum Gasteiger partial charge on any atom is 0.273 e. The van der Waals surface area contributed by atoms with Crippen molar-refractivity contribution in [2.45, 2.75) is 13.3 Å². The van der Waals surface area contributed by atoms with Gasteiger partial charge in [0.05, 0.1) is 11.5 Å². The Balaban J connectivity index is 2.12. The van der Waals surface area contributed by atoms with Crippen molar-refractivity contribution < 1.29 is 9.66 Å². The molecule has 6 heteroatoms. The largest absolute Gasteiger partial charge is 0.494 e. The molecule has 0 unspecified atom stereocenters. The first-order valence-electron chi connectivity index (χ1n) is 6.63. The van der Waals surface area contributed by atoms with Gasteiger partial charge in [-0.1, -0.05) is 6.92 Å². The number of anilines is 3. The van der Waals surface area contributed by atoms with Gasteiger partial charge in [0.25, 0.3) is 5.69 Å². The summed E-state index contributed by atoms with van der Waals surface area (Å²) in [6.07, 6.45) is 0.951. The monoisotopic (exact) mass is 287 g/mol. The van der Waals surface area contributed by atoms with Gasteiger partial charge in [-0.15, -0.1) is 0 Å². The van der Waals surface area contributed by atoms with Crippen LogP contribution in [-0.4, -0.2) is 11.5 Å². The number of nitrogens with two attached hydrogens (primary N) is 1. The second-order valence-electron chi connectivity index (χ2n) is 4.57. The fraction of sp³-hybridized carbons (Fsp3) is 0.200. The van der Waals surface area contributed by atoms with E-state index in [9.17, 15) is 10.1 Å². The Morgan fingerprint density at radius 1 is 1.19 bits per heavy atom. The average molecular weight is 287 g/mol. The van der Waals surface area contributed by atoms with Crippen molar-refractivity contribution >= 4 is 22.7 Å². The van der Waals surface area contributed by atoms with Crippen LogP contribution in [0.3, 0.4) is 0 Å². The van der Waals surface area contributed by atoms with Gasteiger partial charge in [-0.05, 0) is 36.8 Å². The van der Waals surface area contributed by atoms with E-state index >= 15 is 0 Å². The summed E-state index contributed by atoms with van der Waals surface area (Å²) >= 11 is 0. The normalized spacial score (nSPS) is 10.1. The minimum absolute atomic E-state index is 0.0413. The lowest BCUT2D eigenvalue weighted by Gasteiger charge is -2.09. The number of nitrogens with zero attached hydrogens (tertiary/aromatic N) is 1. The summed E-state index contributed by atoms with van der Waals surface area (Å²) in [7, 11) is 0. The summed E-state index contributed by atoms with van der Waals surface area (Å²) in [5.41, 5.74) is 7.34. The molecular formula is C15H17N3O3. The Hall–Kier alpha value is -2.76. The average Bonchev–Trinajstić information content (AvgIpc) is 2.46. The fourth-order valence-electron chi connectivity index (χ4n) is 1.83. The lowest BCUT2D eigenvalue weighted by atomic mass is 10.2. The number of ether oxygens (including phenoxy) is 1. The molecule has 110 valence electrons. The van der Waals surface area contributed by atoms with Crippen molar-refractivity contribution in [1.82, 2.24) is 0 Å². The molecule has 0 aliphatic rings. The van der Waals surface area contributed by atoms with Gasteiger partial charge in [0.1, 0.15) is 5.75 Å². The highest BCUT2D eigenvalue weighted by Gasteiger charge is 2.08. The lowest BCUT2D eigenvalue weighted by Crippen LogP contribution is -1.97. The number of nitro groups is 1. The smallest absolute Gasteiger partial charge is 0.273 e. The van der Waals surface area contributed by atoms with Gasteiger partial charge < -0.3 is 15.8 Å². The molecule has 0 saturated heterocycles. The zero-order valence-electron chi connectivity index (χ0n) is 11.7. The van der Waals surface area contributed by atoms with E-state index in [0.717, 1.165) is 17.9 Å². The van der Waals surface area contributed by atoms with Crippen LogP contribution < -0.4 is 15.8 Å². The highest BCUT2D eigenvalue weighted by molar-refractivity contribution is 5.67. The third-order valence-electron chi connectivity index (χ3n) is 2.77. The molecule has 21 heavy (non-hydrogen) atoms. The van der Waals surface area contributed by atoms with E-state index in [1.807, 2.05) is 31.2 Å². The molecule has 0 spiro atoms. The predicted octanol–water partition coefficient (Wildman–Crippen LogP) is 3.71. The quantitative estimate of drug-likeness (QED) is 0.480. The summed E-state index contributed by atoms with van der Waals surface area (Å²) in [5, 5.41) is 13.9. The van der Waals surface area contributed by atoms with Crippen molar-refractivity contribution in [3.8, 4) is 5.75 Å². The third kappa shape index (κ3) is 4.10. The van der Waals surface area contributed by atoms with Crippen LogP contribution in [0.15, 0.2) is 42.5 Å². The van der Waals surface area contributed by atoms with Crippen molar-refractivity contribution in [3.63, 3.8) is 0 Å². The first kappa shape index (κ1) is 14.6. The van der Waals surface area contributed by atoms with Gasteiger partial charge in [-0.3, -0.25) is 10.1 Å². The molecule has 0 heterocycles. The molecule has 0 aromatic heterocycles. The number of hydrogen-bond donors (Lipinski definition) is 2. The predicted molar refractivity (Wildman–Crippen MR) is 83.0 cm³/mol. The van der Waals surface area contributed by atoms with Crippen molar-refractivity contribution in [1.29, 1.82) is 0 Å². The highest BCUT2D eigenvalue weighted by atomic mass is 16.6. The molecule has 3 N–H and O–H groups in total. The maximum atomic E-state index is 10.8. The maximum absolute atomic E-state index is 10.8. The summed E-state index contributed by atoms with van der Waals surface area (Å²) in [4.78, 5) is 10.3. The van der Waals surface area contributed by atoms with Crippen LogP contribution in [-0.2, 0) is 0 Å². The molecule has 6 nitrogen and oxygen atoms in total. The Morgan fingerprint density at radius 3 is 2.52 bits per heavy atom. The number of benzene rings is 2. The Bertz CT molecular complexity index is 627. The van der Waals surface area contributed by atoms with Crippen LogP contribution in [0.1, 0.15) is 13.3 Å². The van der Waals surface area contributed by atoms with Gasteiger partial charge >= 0.3 is 0 Å². The molecule has 0 aliphatic carbocycles. The van der Waals surface area contributed by atoms with Crippen LogP contribution in [0, 0.1) is 10.1 Å². The minimum Gasteiger partial charge on any atom is -0.494 e. The Labute approximate surface area is 122 Å².